The van der Waals surface area contributed by atoms with Crippen LogP contribution in [0.5, 0.6) is 11.5 Å². The highest BCUT2D eigenvalue weighted by molar-refractivity contribution is 5.66. The fourth-order valence-electron chi connectivity index (χ4n) is 3.56. The molecule has 3 nitrogen and oxygen atoms in total. The molecule has 0 saturated carbocycles. The first kappa shape index (κ1) is 23.4. The predicted octanol–water partition coefficient (Wildman–Crippen LogP) is 6.91. The fourth-order valence-corrected chi connectivity index (χ4v) is 3.56. The quantitative estimate of drug-likeness (QED) is 0.308. The maximum Gasteiger partial charge on any atom is 0.201 e. The van der Waals surface area contributed by atoms with E-state index in [4.69, 9.17) is 14.6 Å². The van der Waals surface area contributed by atoms with Crippen LogP contribution in [0.2, 0.25) is 0 Å². The van der Waals surface area contributed by atoms with Crippen molar-refractivity contribution in [3.8, 4) is 33.8 Å². The summed E-state index contributed by atoms with van der Waals surface area (Å²) in [7, 11) is 0. The van der Waals surface area contributed by atoms with Crippen molar-refractivity contribution in [2.45, 2.75) is 20.1 Å². The van der Waals surface area contributed by atoms with Crippen molar-refractivity contribution in [3.63, 3.8) is 0 Å². The Morgan fingerprint density at radius 1 is 0.647 bits per heavy atom. The molecule has 0 saturated heterocycles. The van der Waals surface area contributed by atoms with Gasteiger partial charge in [-0.1, -0.05) is 54.6 Å². The molecule has 0 aliphatic carbocycles. The van der Waals surface area contributed by atoms with Gasteiger partial charge in [0, 0.05) is 5.56 Å². The zero-order valence-electron chi connectivity index (χ0n) is 18.5. The molecular formula is C28H23F3O3. The summed E-state index contributed by atoms with van der Waals surface area (Å²) < 4.78 is 54.2. The minimum atomic E-state index is -1.06. The first-order valence-corrected chi connectivity index (χ1v) is 10.8. The van der Waals surface area contributed by atoms with Gasteiger partial charge >= 0.3 is 0 Å². The van der Waals surface area contributed by atoms with Crippen molar-refractivity contribution in [2.75, 3.05) is 6.61 Å². The van der Waals surface area contributed by atoms with Crippen LogP contribution in [0.3, 0.4) is 0 Å². The van der Waals surface area contributed by atoms with E-state index in [1.807, 2.05) is 12.1 Å². The number of halogens is 3. The summed E-state index contributed by atoms with van der Waals surface area (Å²) in [5.41, 5.74) is 3.55. The van der Waals surface area contributed by atoms with Crippen LogP contribution in [0.4, 0.5) is 13.2 Å². The van der Waals surface area contributed by atoms with Crippen LogP contribution in [0.1, 0.15) is 18.1 Å². The highest BCUT2D eigenvalue weighted by Crippen LogP contribution is 2.31. The molecule has 1 N–H and O–H groups in total. The van der Waals surface area contributed by atoms with Gasteiger partial charge in [-0.15, -0.1) is 0 Å². The van der Waals surface area contributed by atoms with Gasteiger partial charge in [-0.05, 0) is 59.0 Å². The Morgan fingerprint density at radius 2 is 1.26 bits per heavy atom. The van der Waals surface area contributed by atoms with Crippen LogP contribution in [0.15, 0.2) is 78.9 Å². The SMILES string of the molecule is CCOc1ccc(-c2ccc(COc3ccc(-c4ccc(CO)cc4)c(F)c3F)cc2)cc1F. The second-order valence-electron chi connectivity index (χ2n) is 7.66. The van der Waals surface area contributed by atoms with E-state index >= 15 is 0 Å². The first-order valence-electron chi connectivity index (χ1n) is 10.8. The second kappa shape index (κ2) is 10.4. The molecule has 0 radical (unpaired) electrons. The molecule has 0 amide bonds. The van der Waals surface area contributed by atoms with Gasteiger partial charge < -0.3 is 14.6 Å². The summed E-state index contributed by atoms with van der Waals surface area (Å²) in [6, 6.07) is 21.4. The van der Waals surface area contributed by atoms with Gasteiger partial charge in [-0.2, -0.15) is 4.39 Å². The Kier molecular flexibility index (Phi) is 7.18. The molecule has 4 aromatic carbocycles. The maximum atomic E-state index is 14.7. The summed E-state index contributed by atoms with van der Waals surface area (Å²) in [6.07, 6.45) is 0. The van der Waals surface area contributed by atoms with Gasteiger partial charge in [0.2, 0.25) is 5.82 Å². The third-order valence-corrected chi connectivity index (χ3v) is 5.41. The van der Waals surface area contributed by atoms with Gasteiger partial charge in [-0.25, -0.2) is 8.78 Å². The highest BCUT2D eigenvalue weighted by atomic mass is 19.2. The Labute approximate surface area is 196 Å². The van der Waals surface area contributed by atoms with E-state index in [-0.39, 0.29) is 30.3 Å². The van der Waals surface area contributed by atoms with E-state index < -0.39 is 17.5 Å². The summed E-state index contributed by atoms with van der Waals surface area (Å²) in [5, 5.41) is 9.13. The van der Waals surface area contributed by atoms with Crippen LogP contribution in [-0.4, -0.2) is 11.7 Å². The number of hydrogen-bond acceptors (Lipinski definition) is 3. The Hall–Kier alpha value is -3.77. The molecule has 0 atom stereocenters. The minimum absolute atomic E-state index is 0.0405. The number of aliphatic hydroxyl groups is 1. The van der Waals surface area contributed by atoms with Crippen molar-refractivity contribution >= 4 is 0 Å². The van der Waals surface area contributed by atoms with E-state index in [1.54, 1.807) is 55.5 Å². The van der Waals surface area contributed by atoms with Crippen LogP contribution in [0.25, 0.3) is 22.3 Å². The monoisotopic (exact) mass is 464 g/mol. The molecule has 0 bridgehead atoms. The number of ether oxygens (including phenoxy) is 2. The van der Waals surface area contributed by atoms with Crippen LogP contribution in [-0.2, 0) is 13.2 Å². The largest absolute Gasteiger partial charge is 0.491 e. The van der Waals surface area contributed by atoms with Crippen molar-refractivity contribution in [3.05, 3.63) is 107 Å². The van der Waals surface area contributed by atoms with E-state index in [0.717, 1.165) is 11.1 Å². The van der Waals surface area contributed by atoms with Crippen molar-refractivity contribution < 1.29 is 27.8 Å². The number of aliphatic hydroxyl groups excluding tert-OH is 1. The number of rotatable bonds is 8. The Morgan fingerprint density at radius 3 is 1.91 bits per heavy atom. The normalized spacial score (nSPS) is 10.9. The average Bonchev–Trinajstić information content (AvgIpc) is 2.87. The van der Waals surface area contributed by atoms with Crippen molar-refractivity contribution in [1.29, 1.82) is 0 Å². The molecule has 0 heterocycles. The molecule has 34 heavy (non-hydrogen) atoms. The number of hydrogen-bond donors (Lipinski definition) is 1. The van der Waals surface area contributed by atoms with Crippen molar-refractivity contribution in [1.82, 2.24) is 0 Å². The lowest BCUT2D eigenvalue weighted by Crippen LogP contribution is -2.00. The summed E-state index contributed by atoms with van der Waals surface area (Å²) in [6.45, 7) is 2.09. The molecule has 174 valence electrons. The van der Waals surface area contributed by atoms with Gasteiger partial charge in [0.15, 0.2) is 23.1 Å². The van der Waals surface area contributed by atoms with E-state index in [9.17, 15) is 13.2 Å². The highest BCUT2D eigenvalue weighted by Gasteiger charge is 2.16. The average molecular weight is 464 g/mol. The lowest BCUT2D eigenvalue weighted by atomic mass is 10.0. The summed E-state index contributed by atoms with van der Waals surface area (Å²) in [4.78, 5) is 0. The molecule has 4 aromatic rings. The topological polar surface area (TPSA) is 38.7 Å². The Balaban J connectivity index is 1.45. The predicted molar refractivity (Wildman–Crippen MR) is 125 cm³/mol. The van der Waals surface area contributed by atoms with Gasteiger partial charge in [0.05, 0.1) is 13.2 Å². The second-order valence-corrected chi connectivity index (χ2v) is 7.66. The molecule has 0 aliphatic rings. The van der Waals surface area contributed by atoms with E-state index in [2.05, 4.69) is 0 Å². The fraction of sp³-hybridized carbons (Fsp3) is 0.143. The van der Waals surface area contributed by atoms with Crippen LogP contribution in [0, 0.1) is 17.5 Å². The zero-order chi connectivity index (χ0) is 24.1. The van der Waals surface area contributed by atoms with E-state index in [0.29, 0.717) is 23.3 Å². The molecule has 0 spiro atoms. The van der Waals surface area contributed by atoms with E-state index in [1.165, 1.54) is 18.2 Å². The van der Waals surface area contributed by atoms with Gasteiger partial charge in [0.25, 0.3) is 0 Å². The molecule has 4 rings (SSSR count). The zero-order valence-corrected chi connectivity index (χ0v) is 18.5. The van der Waals surface area contributed by atoms with Crippen LogP contribution >= 0.6 is 0 Å². The molecular weight excluding hydrogens is 441 g/mol. The lowest BCUT2D eigenvalue weighted by molar-refractivity contribution is 0.282. The Bertz CT molecular complexity index is 1270. The molecule has 6 heteroatoms. The van der Waals surface area contributed by atoms with Crippen molar-refractivity contribution in [2.24, 2.45) is 0 Å². The third-order valence-electron chi connectivity index (χ3n) is 5.41. The molecule has 0 fully saturated rings. The van der Waals surface area contributed by atoms with Gasteiger partial charge in [0.1, 0.15) is 6.61 Å². The molecule has 0 unspecified atom stereocenters. The molecule has 0 aliphatic heterocycles. The standard InChI is InChI=1S/C28H23F3O3/c1-2-33-25-13-11-22(15-24(25)29)20-7-5-19(6-8-20)17-34-26-14-12-23(27(30)28(26)31)21-9-3-18(16-32)4-10-21/h3-15,32H,2,16-17H2,1H3. The third kappa shape index (κ3) is 5.07. The van der Waals surface area contributed by atoms with Crippen LogP contribution < -0.4 is 9.47 Å². The maximum absolute atomic E-state index is 14.7. The smallest absolute Gasteiger partial charge is 0.201 e. The summed E-state index contributed by atoms with van der Waals surface area (Å²) in [5.74, 6) is -2.48. The minimum Gasteiger partial charge on any atom is -0.491 e. The van der Waals surface area contributed by atoms with Gasteiger partial charge in [-0.3, -0.25) is 0 Å². The number of benzene rings is 4. The molecule has 0 aromatic heterocycles. The lowest BCUT2D eigenvalue weighted by Gasteiger charge is -2.12. The first-order chi connectivity index (χ1) is 16.5. The summed E-state index contributed by atoms with van der Waals surface area (Å²) >= 11 is 0.